The van der Waals surface area contributed by atoms with Crippen LogP contribution in [0, 0.1) is 0 Å². The molecule has 8 heteroatoms. The summed E-state index contributed by atoms with van der Waals surface area (Å²) in [5.74, 6) is 2.30. The molecule has 140 valence electrons. The Hall–Kier alpha value is -2.58. The van der Waals surface area contributed by atoms with Crippen molar-refractivity contribution in [2.75, 3.05) is 44.4 Å². The molecule has 0 aliphatic carbocycles. The van der Waals surface area contributed by atoms with E-state index >= 15 is 0 Å². The second-order valence-electron chi connectivity index (χ2n) is 6.13. The summed E-state index contributed by atoms with van der Waals surface area (Å²) in [5.41, 5.74) is 7.85. The number of methoxy groups -OCH3 is 1. The largest absolute Gasteiger partial charge is 0.497 e. The quantitative estimate of drug-likeness (QED) is 0.568. The normalized spacial score (nSPS) is 14.8. The van der Waals surface area contributed by atoms with Gasteiger partial charge in [0.2, 0.25) is 5.95 Å². The fourth-order valence-electron chi connectivity index (χ4n) is 2.87. The first kappa shape index (κ1) is 18.2. The third kappa shape index (κ3) is 4.74. The average molecular weight is 359 g/mol. The van der Waals surface area contributed by atoms with Gasteiger partial charge in [-0.05, 0) is 25.1 Å². The van der Waals surface area contributed by atoms with Gasteiger partial charge in [-0.2, -0.15) is 4.98 Å². The summed E-state index contributed by atoms with van der Waals surface area (Å²) in [7, 11) is 1.60. The SMILES string of the molecule is COc1cccc(OCC(O)CNc2nc(N)nc3c2CCNCC3)c1. The lowest BCUT2D eigenvalue weighted by molar-refractivity contribution is 0.117. The first-order valence-corrected chi connectivity index (χ1v) is 8.70. The molecule has 0 saturated carbocycles. The molecule has 2 aromatic rings. The van der Waals surface area contributed by atoms with Crippen molar-refractivity contribution in [3.8, 4) is 11.5 Å². The number of nitrogen functional groups attached to an aromatic ring is 1. The summed E-state index contributed by atoms with van der Waals surface area (Å²) in [6, 6.07) is 7.27. The van der Waals surface area contributed by atoms with Crippen molar-refractivity contribution < 1.29 is 14.6 Å². The average Bonchev–Trinajstić information content (AvgIpc) is 2.90. The molecule has 5 N–H and O–H groups in total. The maximum Gasteiger partial charge on any atom is 0.222 e. The van der Waals surface area contributed by atoms with Gasteiger partial charge in [-0.3, -0.25) is 0 Å². The Morgan fingerprint density at radius 2 is 2.08 bits per heavy atom. The number of anilines is 2. The topological polar surface area (TPSA) is 115 Å². The molecule has 1 aliphatic rings. The van der Waals surface area contributed by atoms with Crippen molar-refractivity contribution in [1.29, 1.82) is 0 Å². The molecule has 1 unspecified atom stereocenters. The van der Waals surface area contributed by atoms with Crippen LogP contribution in [0.2, 0.25) is 0 Å². The molecule has 1 aromatic carbocycles. The molecule has 2 heterocycles. The highest BCUT2D eigenvalue weighted by atomic mass is 16.5. The molecule has 1 aromatic heterocycles. The fraction of sp³-hybridized carbons (Fsp3) is 0.444. The van der Waals surface area contributed by atoms with E-state index in [1.165, 1.54) is 0 Å². The lowest BCUT2D eigenvalue weighted by Gasteiger charge is -2.17. The summed E-state index contributed by atoms with van der Waals surface area (Å²) in [6.45, 7) is 2.21. The van der Waals surface area contributed by atoms with Gasteiger partial charge in [0.15, 0.2) is 0 Å². The van der Waals surface area contributed by atoms with Gasteiger partial charge in [-0.15, -0.1) is 0 Å². The van der Waals surface area contributed by atoms with Crippen LogP contribution in [0.25, 0.3) is 0 Å². The molecule has 0 spiro atoms. The molecule has 3 rings (SSSR count). The summed E-state index contributed by atoms with van der Waals surface area (Å²) < 4.78 is 10.8. The van der Waals surface area contributed by atoms with E-state index in [0.29, 0.717) is 23.9 Å². The van der Waals surface area contributed by atoms with Gasteiger partial charge in [-0.25, -0.2) is 4.98 Å². The number of fused-ring (bicyclic) bond motifs is 1. The fourth-order valence-corrected chi connectivity index (χ4v) is 2.87. The molecule has 1 atom stereocenters. The number of hydrogen-bond acceptors (Lipinski definition) is 8. The van der Waals surface area contributed by atoms with Crippen LogP contribution in [-0.4, -0.2) is 54.5 Å². The van der Waals surface area contributed by atoms with Crippen LogP contribution in [-0.2, 0) is 12.8 Å². The smallest absolute Gasteiger partial charge is 0.222 e. The van der Waals surface area contributed by atoms with Gasteiger partial charge < -0.3 is 30.9 Å². The maximum absolute atomic E-state index is 10.2. The minimum atomic E-state index is -0.697. The molecule has 0 amide bonds. The van der Waals surface area contributed by atoms with Crippen LogP contribution in [0.4, 0.5) is 11.8 Å². The molecule has 0 saturated heterocycles. The number of benzene rings is 1. The van der Waals surface area contributed by atoms with Crippen LogP contribution >= 0.6 is 0 Å². The van der Waals surface area contributed by atoms with E-state index in [1.54, 1.807) is 13.2 Å². The minimum absolute atomic E-state index is 0.157. The van der Waals surface area contributed by atoms with Crippen molar-refractivity contribution in [3.63, 3.8) is 0 Å². The number of aliphatic hydroxyl groups is 1. The first-order chi connectivity index (χ1) is 12.7. The zero-order valence-corrected chi connectivity index (χ0v) is 14.9. The molecule has 0 radical (unpaired) electrons. The van der Waals surface area contributed by atoms with Crippen LogP contribution in [0.1, 0.15) is 11.3 Å². The van der Waals surface area contributed by atoms with Gasteiger partial charge in [-0.1, -0.05) is 6.07 Å². The van der Waals surface area contributed by atoms with Crippen molar-refractivity contribution in [2.45, 2.75) is 18.9 Å². The second kappa shape index (κ2) is 8.68. The zero-order valence-electron chi connectivity index (χ0n) is 14.9. The number of hydrogen-bond donors (Lipinski definition) is 4. The van der Waals surface area contributed by atoms with Gasteiger partial charge in [0.1, 0.15) is 30.0 Å². The van der Waals surface area contributed by atoms with Crippen molar-refractivity contribution in [2.24, 2.45) is 0 Å². The van der Waals surface area contributed by atoms with E-state index in [4.69, 9.17) is 15.2 Å². The van der Waals surface area contributed by atoms with E-state index in [2.05, 4.69) is 20.6 Å². The lowest BCUT2D eigenvalue weighted by Crippen LogP contribution is -2.27. The van der Waals surface area contributed by atoms with Gasteiger partial charge >= 0.3 is 0 Å². The number of aliphatic hydroxyl groups excluding tert-OH is 1. The van der Waals surface area contributed by atoms with E-state index in [9.17, 15) is 5.11 Å². The Morgan fingerprint density at radius 1 is 1.27 bits per heavy atom. The van der Waals surface area contributed by atoms with Crippen LogP contribution in [0.5, 0.6) is 11.5 Å². The van der Waals surface area contributed by atoms with Crippen LogP contribution in [0.15, 0.2) is 24.3 Å². The highest BCUT2D eigenvalue weighted by molar-refractivity contribution is 5.50. The molecule has 0 bridgehead atoms. The third-order valence-corrected chi connectivity index (χ3v) is 4.19. The Bertz CT molecular complexity index is 741. The van der Waals surface area contributed by atoms with E-state index in [1.807, 2.05) is 18.2 Å². The number of aromatic nitrogens is 2. The van der Waals surface area contributed by atoms with Gasteiger partial charge in [0, 0.05) is 31.1 Å². The summed E-state index contributed by atoms with van der Waals surface area (Å²) >= 11 is 0. The number of nitrogens with one attached hydrogen (secondary N) is 2. The lowest BCUT2D eigenvalue weighted by atomic mass is 10.1. The Labute approximate surface area is 152 Å². The Morgan fingerprint density at radius 3 is 2.92 bits per heavy atom. The number of nitrogens with two attached hydrogens (primary N) is 1. The highest BCUT2D eigenvalue weighted by Gasteiger charge is 2.16. The Balaban J connectivity index is 1.57. The number of nitrogens with zero attached hydrogens (tertiary/aromatic N) is 2. The predicted molar refractivity (Wildman–Crippen MR) is 99.7 cm³/mol. The van der Waals surface area contributed by atoms with Crippen molar-refractivity contribution >= 4 is 11.8 Å². The maximum atomic E-state index is 10.2. The van der Waals surface area contributed by atoms with E-state index in [-0.39, 0.29) is 12.6 Å². The monoisotopic (exact) mass is 359 g/mol. The zero-order chi connectivity index (χ0) is 18.4. The number of rotatable bonds is 7. The minimum Gasteiger partial charge on any atom is -0.497 e. The van der Waals surface area contributed by atoms with Gasteiger partial charge in [0.05, 0.1) is 12.8 Å². The predicted octanol–water partition coefficient (Wildman–Crippen LogP) is 0.607. The van der Waals surface area contributed by atoms with Crippen LogP contribution in [0.3, 0.4) is 0 Å². The van der Waals surface area contributed by atoms with Gasteiger partial charge in [0.25, 0.3) is 0 Å². The molecule has 8 nitrogen and oxygen atoms in total. The highest BCUT2D eigenvalue weighted by Crippen LogP contribution is 2.21. The molecule has 1 aliphatic heterocycles. The van der Waals surface area contributed by atoms with E-state index < -0.39 is 6.10 Å². The van der Waals surface area contributed by atoms with E-state index in [0.717, 1.165) is 37.2 Å². The standard InChI is InChI=1S/C18H25N5O3/c1-25-13-3-2-4-14(9-13)26-11-12(24)10-21-17-15-5-7-20-8-6-16(15)22-18(19)23-17/h2-4,9,12,20,24H,5-8,10-11H2,1H3,(H3,19,21,22,23). The molecule has 0 fully saturated rings. The second-order valence-corrected chi connectivity index (χ2v) is 6.13. The summed E-state index contributed by atoms with van der Waals surface area (Å²) in [4.78, 5) is 8.64. The van der Waals surface area contributed by atoms with Crippen molar-refractivity contribution in [3.05, 3.63) is 35.5 Å². The first-order valence-electron chi connectivity index (χ1n) is 8.70. The Kier molecular flexibility index (Phi) is 6.08. The summed E-state index contributed by atoms with van der Waals surface area (Å²) in [5, 5.41) is 16.7. The number of ether oxygens (including phenoxy) is 2. The molecule has 26 heavy (non-hydrogen) atoms. The molecular formula is C18H25N5O3. The van der Waals surface area contributed by atoms with Crippen molar-refractivity contribution in [1.82, 2.24) is 15.3 Å². The third-order valence-electron chi connectivity index (χ3n) is 4.19. The van der Waals surface area contributed by atoms with Crippen LogP contribution < -0.4 is 25.8 Å². The molecular weight excluding hydrogens is 334 g/mol. The summed E-state index contributed by atoms with van der Waals surface area (Å²) in [6.07, 6.45) is 0.948.